The third kappa shape index (κ3) is 4.73. The normalized spacial score (nSPS) is 16.4. The molecule has 1 fully saturated rings. The number of piperidine rings is 1. The number of anilines is 1. The van der Waals surface area contributed by atoms with Gasteiger partial charge in [-0.3, -0.25) is 9.59 Å². The van der Waals surface area contributed by atoms with E-state index in [4.69, 9.17) is 0 Å². The van der Waals surface area contributed by atoms with E-state index >= 15 is 0 Å². The van der Waals surface area contributed by atoms with Crippen LogP contribution in [-0.4, -0.2) is 45.5 Å². The van der Waals surface area contributed by atoms with E-state index in [1.807, 2.05) is 36.6 Å². The number of rotatable bonds is 6. The molecule has 0 bridgehead atoms. The number of nitrogens with one attached hydrogen (secondary N) is 1. The van der Waals surface area contributed by atoms with E-state index in [9.17, 15) is 9.59 Å². The number of aryl methyl sites for hydroxylation is 1. The number of nitrogens with zero attached hydrogens (tertiary/aromatic N) is 5. The first-order valence-electron chi connectivity index (χ1n) is 10.1. The fourth-order valence-corrected chi connectivity index (χ4v) is 4.24. The molecule has 1 atom stereocenters. The van der Waals surface area contributed by atoms with Gasteiger partial charge in [0.05, 0.1) is 23.0 Å². The summed E-state index contributed by atoms with van der Waals surface area (Å²) < 4.78 is 1.41. The minimum Gasteiger partial charge on any atom is -0.354 e. The predicted octanol–water partition coefficient (Wildman–Crippen LogP) is 2.10. The van der Waals surface area contributed by atoms with Crippen LogP contribution in [0.15, 0.2) is 46.6 Å². The number of aromatic nitrogens is 4. The zero-order valence-corrected chi connectivity index (χ0v) is 17.6. The first-order chi connectivity index (χ1) is 14.6. The van der Waals surface area contributed by atoms with Crippen molar-refractivity contribution in [3.05, 3.63) is 57.8 Å². The minimum absolute atomic E-state index is 0.00207. The molecule has 1 aliphatic heterocycles. The van der Waals surface area contributed by atoms with Crippen molar-refractivity contribution in [3.8, 4) is 10.6 Å². The van der Waals surface area contributed by atoms with E-state index in [0.717, 1.165) is 41.5 Å². The molecular formula is C21H24N6O2S. The van der Waals surface area contributed by atoms with Crippen LogP contribution in [0, 0.1) is 12.8 Å². The summed E-state index contributed by atoms with van der Waals surface area (Å²) >= 11 is 1.58. The van der Waals surface area contributed by atoms with Crippen molar-refractivity contribution in [2.75, 3.05) is 24.5 Å². The molecular weight excluding hydrogens is 400 g/mol. The SMILES string of the molecule is Cc1ccc(N2CCCC(C(=O)NCCn3nc(-c4cccs4)ccc3=O)C2)nn1. The molecule has 4 rings (SSSR count). The Bertz CT molecular complexity index is 1050. The third-order valence-electron chi connectivity index (χ3n) is 5.16. The highest BCUT2D eigenvalue weighted by atomic mass is 32.1. The third-order valence-corrected chi connectivity index (χ3v) is 6.06. The zero-order valence-electron chi connectivity index (χ0n) is 16.8. The van der Waals surface area contributed by atoms with Crippen LogP contribution in [0.4, 0.5) is 5.82 Å². The summed E-state index contributed by atoms with van der Waals surface area (Å²) in [6, 6.07) is 11.0. The zero-order chi connectivity index (χ0) is 20.9. The summed E-state index contributed by atoms with van der Waals surface area (Å²) in [6.45, 7) is 4.09. The molecule has 0 radical (unpaired) electrons. The van der Waals surface area contributed by atoms with Crippen molar-refractivity contribution in [3.63, 3.8) is 0 Å². The number of carbonyl (C=O) groups excluding carboxylic acids is 1. The molecule has 1 unspecified atom stereocenters. The van der Waals surface area contributed by atoms with Crippen molar-refractivity contribution >= 4 is 23.1 Å². The predicted molar refractivity (Wildman–Crippen MR) is 117 cm³/mol. The summed E-state index contributed by atoms with van der Waals surface area (Å²) in [6.07, 6.45) is 1.77. The summed E-state index contributed by atoms with van der Waals surface area (Å²) in [5, 5.41) is 17.7. The number of amides is 1. The fourth-order valence-electron chi connectivity index (χ4n) is 3.55. The van der Waals surface area contributed by atoms with Gasteiger partial charge in [-0.2, -0.15) is 10.2 Å². The van der Waals surface area contributed by atoms with Crippen LogP contribution in [0.25, 0.3) is 10.6 Å². The molecule has 1 amide bonds. The molecule has 3 aromatic heterocycles. The molecule has 30 heavy (non-hydrogen) atoms. The molecule has 3 aromatic rings. The van der Waals surface area contributed by atoms with Gasteiger partial charge in [0.2, 0.25) is 5.91 Å². The van der Waals surface area contributed by atoms with Crippen LogP contribution < -0.4 is 15.8 Å². The summed E-state index contributed by atoms with van der Waals surface area (Å²) in [5.74, 6) is 0.700. The Balaban J connectivity index is 1.33. The Hall–Kier alpha value is -3.07. The lowest BCUT2D eigenvalue weighted by Gasteiger charge is -2.32. The molecule has 1 N–H and O–H groups in total. The second-order valence-corrected chi connectivity index (χ2v) is 8.31. The van der Waals surface area contributed by atoms with Crippen molar-refractivity contribution in [2.24, 2.45) is 5.92 Å². The van der Waals surface area contributed by atoms with Gasteiger partial charge in [-0.25, -0.2) is 4.68 Å². The first kappa shape index (κ1) is 20.2. The molecule has 0 spiro atoms. The molecule has 0 aliphatic carbocycles. The monoisotopic (exact) mass is 424 g/mol. The van der Waals surface area contributed by atoms with Crippen LogP contribution in [-0.2, 0) is 11.3 Å². The Morgan fingerprint density at radius 2 is 2.13 bits per heavy atom. The second-order valence-electron chi connectivity index (χ2n) is 7.37. The molecule has 0 saturated carbocycles. The average molecular weight is 425 g/mol. The van der Waals surface area contributed by atoms with Crippen molar-refractivity contribution in [1.82, 2.24) is 25.3 Å². The molecule has 1 saturated heterocycles. The Morgan fingerprint density at radius 3 is 2.90 bits per heavy atom. The lowest BCUT2D eigenvalue weighted by atomic mass is 9.97. The lowest BCUT2D eigenvalue weighted by Crippen LogP contribution is -2.44. The van der Waals surface area contributed by atoms with E-state index in [1.54, 1.807) is 17.4 Å². The second kappa shape index (κ2) is 9.17. The topological polar surface area (TPSA) is 93.0 Å². The molecule has 4 heterocycles. The van der Waals surface area contributed by atoms with E-state index < -0.39 is 0 Å². The smallest absolute Gasteiger partial charge is 0.266 e. The number of hydrogen-bond donors (Lipinski definition) is 1. The van der Waals surface area contributed by atoms with Gasteiger partial charge >= 0.3 is 0 Å². The number of thiophene rings is 1. The van der Waals surface area contributed by atoms with Gasteiger partial charge in [0.15, 0.2) is 5.82 Å². The van der Waals surface area contributed by atoms with E-state index in [2.05, 4.69) is 25.5 Å². The number of hydrogen-bond acceptors (Lipinski definition) is 7. The summed E-state index contributed by atoms with van der Waals surface area (Å²) in [4.78, 5) is 27.9. The largest absolute Gasteiger partial charge is 0.354 e. The molecule has 0 aromatic carbocycles. The Morgan fingerprint density at radius 1 is 1.23 bits per heavy atom. The first-order valence-corrected chi connectivity index (χ1v) is 10.9. The Kier molecular flexibility index (Phi) is 6.18. The highest BCUT2D eigenvalue weighted by Gasteiger charge is 2.26. The van der Waals surface area contributed by atoms with E-state index in [0.29, 0.717) is 19.6 Å². The number of carbonyl (C=O) groups is 1. The maximum Gasteiger partial charge on any atom is 0.266 e. The summed E-state index contributed by atoms with van der Waals surface area (Å²) in [7, 11) is 0. The van der Waals surface area contributed by atoms with Crippen molar-refractivity contribution in [2.45, 2.75) is 26.3 Å². The highest BCUT2D eigenvalue weighted by Crippen LogP contribution is 2.22. The van der Waals surface area contributed by atoms with Gasteiger partial charge in [-0.1, -0.05) is 6.07 Å². The Labute approximate surface area is 178 Å². The van der Waals surface area contributed by atoms with Gasteiger partial charge in [0, 0.05) is 25.7 Å². The average Bonchev–Trinajstić information content (AvgIpc) is 3.30. The maximum absolute atomic E-state index is 12.7. The van der Waals surface area contributed by atoms with Gasteiger partial charge in [-0.15, -0.1) is 16.4 Å². The standard InChI is InChI=1S/C21H24N6O2S/c1-15-6-8-19(24-23-15)26-11-2-4-16(14-26)21(29)22-10-12-27-20(28)9-7-17(25-27)18-5-3-13-30-18/h3,5-9,13,16H,2,4,10-12,14H2,1H3,(H,22,29). The molecule has 8 nitrogen and oxygen atoms in total. The van der Waals surface area contributed by atoms with Crippen LogP contribution in [0.5, 0.6) is 0 Å². The molecule has 156 valence electrons. The highest BCUT2D eigenvalue weighted by molar-refractivity contribution is 7.13. The lowest BCUT2D eigenvalue weighted by molar-refractivity contribution is -0.125. The van der Waals surface area contributed by atoms with Crippen LogP contribution in [0.2, 0.25) is 0 Å². The molecule has 1 aliphatic rings. The van der Waals surface area contributed by atoms with Crippen molar-refractivity contribution < 1.29 is 4.79 Å². The van der Waals surface area contributed by atoms with Crippen molar-refractivity contribution in [1.29, 1.82) is 0 Å². The molecule has 9 heteroatoms. The van der Waals surface area contributed by atoms with E-state index in [1.165, 1.54) is 10.7 Å². The van der Waals surface area contributed by atoms with E-state index in [-0.39, 0.29) is 17.4 Å². The summed E-state index contributed by atoms with van der Waals surface area (Å²) in [5.41, 5.74) is 1.46. The van der Waals surface area contributed by atoms with Gasteiger partial charge in [-0.05, 0) is 49.4 Å². The van der Waals surface area contributed by atoms with Gasteiger partial charge in [0.1, 0.15) is 5.69 Å². The van der Waals surface area contributed by atoms with Gasteiger partial charge < -0.3 is 10.2 Å². The van der Waals surface area contributed by atoms with Crippen LogP contribution >= 0.6 is 11.3 Å². The maximum atomic E-state index is 12.7. The minimum atomic E-state index is -0.175. The van der Waals surface area contributed by atoms with Crippen LogP contribution in [0.3, 0.4) is 0 Å². The quantitative estimate of drug-likeness (QED) is 0.651. The van der Waals surface area contributed by atoms with Crippen LogP contribution in [0.1, 0.15) is 18.5 Å². The fraction of sp³-hybridized carbons (Fsp3) is 0.381. The van der Waals surface area contributed by atoms with Gasteiger partial charge in [0.25, 0.3) is 5.56 Å².